The van der Waals surface area contributed by atoms with Gasteiger partial charge >= 0.3 is 0 Å². The highest BCUT2D eigenvalue weighted by Crippen LogP contribution is 2.30. The van der Waals surface area contributed by atoms with Gasteiger partial charge in [-0.15, -0.1) is 0 Å². The summed E-state index contributed by atoms with van der Waals surface area (Å²) >= 11 is 0. The van der Waals surface area contributed by atoms with Crippen LogP contribution in [0.5, 0.6) is 0 Å². The van der Waals surface area contributed by atoms with Crippen LogP contribution >= 0.6 is 0 Å². The van der Waals surface area contributed by atoms with E-state index >= 15 is 0 Å². The largest absolute Gasteiger partial charge is 0.326 e. The maximum atomic E-state index is 12.3. The van der Waals surface area contributed by atoms with Crippen LogP contribution in [0, 0.1) is 5.92 Å². The quantitative estimate of drug-likeness (QED) is 0.517. The number of hydrogen-bond acceptors (Lipinski definition) is 3. The van der Waals surface area contributed by atoms with E-state index in [-0.39, 0.29) is 17.7 Å². The first-order valence-electron chi connectivity index (χ1n) is 9.35. The van der Waals surface area contributed by atoms with Gasteiger partial charge in [-0.2, -0.15) is 5.10 Å². The highest BCUT2D eigenvalue weighted by Gasteiger charge is 2.29. The van der Waals surface area contributed by atoms with Crippen molar-refractivity contribution in [3.8, 4) is 0 Å². The summed E-state index contributed by atoms with van der Waals surface area (Å²) in [6, 6.07) is 21.0. The summed E-state index contributed by atoms with van der Waals surface area (Å²) in [7, 11) is 0. The lowest BCUT2D eigenvalue weighted by molar-refractivity contribution is -0.117. The lowest BCUT2D eigenvalue weighted by atomic mass is 10.0. The van der Waals surface area contributed by atoms with Crippen LogP contribution in [0.2, 0.25) is 0 Å². The zero-order valence-corrected chi connectivity index (χ0v) is 15.6. The third-order valence-corrected chi connectivity index (χ3v) is 4.86. The van der Waals surface area contributed by atoms with E-state index in [1.165, 1.54) is 0 Å². The highest BCUT2D eigenvalue weighted by molar-refractivity contribution is 6.03. The normalized spacial score (nSPS) is 14.0. The van der Waals surface area contributed by atoms with E-state index in [1.54, 1.807) is 24.3 Å². The molecule has 0 aliphatic heterocycles. The molecule has 0 atom stereocenters. The zero-order chi connectivity index (χ0) is 19.5. The van der Waals surface area contributed by atoms with Crippen molar-refractivity contribution in [2.24, 2.45) is 11.0 Å². The fourth-order valence-electron chi connectivity index (χ4n) is 2.97. The van der Waals surface area contributed by atoms with Crippen LogP contribution in [0.1, 0.15) is 35.7 Å². The summed E-state index contributed by atoms with van der Waals surface area (Å²) in [5.74, 6) is -0.0941. The van der Waals surface area contributed by atoms with Crippen LogP contribution in [0.25, 0.3) is 10.8 Å². The summed E-state index contributed by atoms with van der Waals surface area (Å²) in [4.78, 5) is 24.1. The Morgan fingerprint density at radius 2 is 1.57 bits per heavy atom. The molecule has 0 aromatic heterocycles. The van der Waals surface area contributed by atoms with Crippen LogP contribution in [-0.2, 0) is 4.79 Å². The Labute approximate surface area is 163 Å². The molecule has 2 amide bonds. The molecule has 28 heavy (non-hydrogen) atoms. The van der Waals surface area contributed by atoms with Crippen LogP contribution in [0.3, 0.4) is 0 Å². The van der Waals surface area contributed by atoms with Gasteiger partial charge in [-0.1, -0.05) is 36.4 Å². The summed E-state index contributed by atoms with van der Waals surface area (Å²) in [5.41, 5.74) is 5.46. The first-order valence-corrected chi connectivity index (χ1v) is 9.35. The number of carbonyl (C=O) groups is 2. The first kappa shape index (κ1) is 17.9. The number of rotatable bonds is 5. The molecule has 5 nitrogen and oxygen atoms in total. The maximum absolute atomic E-state index is 12.3. The van der Waals surface area contributed by atoms with E-state index in [9.17, 15) is 9.59 Å². The third-order valence-electron chi connectivity index (χ3n) is 4.86. The monoisotopic (exact) mass is 371 g/mol. The van der Waals surface area contributed by atoms with E-state index in [4.69, 9.17) is 0 Å². The van der Waals surface area contributed by atoms with Crippen molar-refractivity contribution in [2.45, 2.75) is 19.8 Å². The van der Waals surface area contributed by atoms with E-state index in [0.29, 0.717) is 11.3 Å². The molecule has 1 saturated carbocycles. The number of fused-ring (bicyclic) bond motifs is 1. The molecule has 0 heterocycles. The predicted octanol–water partition coefficient (Wildman–Crippen LogP) is 4.34. The lowest BCUT2D eigenvalue weighted by Gasteiger charge is -2.06. The smallest absolute Gasteiger partial charge is 0.271 e. The van der Waals surface area contributed by atoms with Gasteiger partial charge in [0.2, 0.25) is 5.91 Å². The van der Waals surface area contributed by atoms with Gasteiger partial charge in [-0.25, -0.2) is 5.43 Å². The van der Waals surface area contributed by atoms with Crippen molar-refractivity contribution < 1.29 is 9.59 Å². The average Bonchev–Trinajstić information content (AvgIpc) is 3.57. The molecule has 5 heteroatoms. The summed E-state index contributed by atoms with van der Waals surface area (Å²) in [6.45, 7) is 1.86. The first-order chi connectivity index (χ1) is 13.6. The third kappa shape index (κ3) is 4.09. The van der Waals surface area contributed by atoms with Crippen LogP contribution in [0.4, 0.5) is 5.69 Å². The molecule has 0 bridgehead atoms. The molecule has 3 aromatic carbocycles. The fourth-order valence-corrected chi connectivity index (χ4v) is 2.97. The van der Waals surface area contributed by atoms with Gasteiger partial charge in [0, 0.05) is 17.2 Å². The zero-order valence-electron chi connectivity index (χ0n) is 15.6. The number of anilines is 1. The molecule has 1 fully saturated rings. The Kier molecular flexibility index (Phi) is 4.89. The second-order valence-corrected chi connectivity index (χ2v) is 7.04. The molecule has 1 aliphatic rings. The van der Waals surface area contributed by atoms with Gasteiger partial charge in [0.1, 0.15) is 0 Å². The van der Waals surface area contributed by atoms with Gasteiger partial charge < -0.3 is 5.32 Å². The molecule has 0 radical (unpaired) electrons. The molecule has 2 N–H and O–H groups in total. The van der Waals surface area contributed by atoms with Crippen LogP contribution < -0.4 is 10.7 Å². The van der Waals surface area contributed by atoms with Crippen molar-refractivity contribution >= 4 is 34.0 Å². The Balaban J connectivity index is 1.41. The van der Waals surface area contributed by atoms with Gasteiger partial charge in [-0.3, -0.25) is 9.59 Å². The van der Waals surface area contributed by atoms with Crippen LogP contribution in [-0.4, -0.2) is 17.5 Å². The number of hydrazone groups is 1. The van der Waals surface area contributed by atoms with Crippen molar-refractivity contribution in [2.75, 3.05) is 5.32 Å². The lowest BCUT2D eigenvalue weighted by Crippen LogP contribution is -2.19. The van der Waals surface area contributed by atoms with E-state index < -0.39 is 0 Å². The molecule has 0 unspecified atom stereocenters. The van der Waals surface area contributed by atoms with E-state index in [1.807, 2.05) is 37.3 Å². The summed E-state index contributed by atoms with van der Waals surface area (Å²) in [5, 5.41) is 9.38. The molecule has 1 aliphatic carbocycles. The molecular weight excluding hydrogens is 350 g/mol. The van der Waals surface area contributed by atoms with Gasteiger partial charge in [0.15, 0.2) is 0 Å². The molecular formula is C23H21N3O2. The SMILES string of the molecule is CC(=NNC(=O)c1ccc(NC(=O)C2CC2)cc1)c1ccc2ccccc2c1. The molecule has 4 rings (SSSR count). The minimum Gasteiger partial charge on any atom is -0.326 e. The molecule has 0 spiro atoms. The fraction of sp³-hybridized carbons (Fsp3) is 0.174. The molecule has 3 aromatic rings. The van der Waals surface area contributed by atoms with E-state index in [0.717, 1.165) is 34.9 Å². The van der Waals surface area contributed by atoms with E-state index in [2.05, 4.69) is 28.0 Å². The standard InChI is InChI=1S/C23H21N3O2/c1-15(19-9-6-16-4-2-3-5-20(16)14-19)25-26-23(28)18-10-12-21(13-11-18)24-22(27)17-7-8-17/h2-6,9-14,17H,7-8H2,1H3,(H,24,27)(H,26,28). The van der Waals surface area contributed by atoms with Crippen molar-refractivity contribution in [3.63, 3.8) is 0 Å². The second kappa shape index (κ2) is 7.64. The number of nitrogens with zero attached hydrogens (tertiary/aromatic N) is 1. The van der Waals surface area contributed by atoms with Gasteiger partial charge in [0.05, 0.1) is 5.71 Å². The minimum atomic E-state index is -0.291. The molecule has 0 saturated heterocycles. The van der Waals surface area contributed by atoms with Gasteiger partial charge in [-0.05, 0) is 66.4 Å². The van der Waals surface area contributed by atoms with Crippen molar-refractivity contribution in [3.05, 3.63) is 77.9 Å². The van der Waals surface area contributed by atoms with Crippen molar-refractivity contribution in [1.29, 1.82) is 0 Å². The number of amides is 2. The summed E-state index contributed by atoms with van der Waals surface area (Å²) < 4.78 is 0. The Morgan fingerprint density at radius 3 is 2.29 bits per heavy atom. The topological polar surface area (TPSA) is 70.6 Å². The summed E-state index contributed by atoms with van der Waals surface area (Å²) in [6.07, 6.45) is 1.92. The minimum absolute atomic E-state index is 0.0489. The van der Waals surface area contributed by atoms with Crippen LogP contribution in [0.15, 0.2) is 71.8 Å². The Morgan fingerprint density at radius 1 is 0.893 bits per heavy atom. The average molecular weight is 371 g/mol. The number of carbonyl (C=O) groups excluding carboxylic acids is 2. The van der Waals surface area contributed by atoms with Crippen molar-refractivity contribution in [1.82, 2.24) is 5.43 Å². The Bertz CT molecular complexity index is 1070. The molecule has 140 valence electrons. The number of hydrogen-bond donors (Lipinski definition) is 2. The second-order valence-electron chi connectivity index (χ2n) is 7.04. The predicted molar refractivity (Wildman–Crippen MR) is 111 cm³/mol. The highest BCUT2D eigenvalue weighted by atomic mass is 16.2. The maximum Gasteiger partial charge on any atom is 0.271 e. The Hall–Kier alpha value is -3.47. The number of benzene rings is 3. The number of nitrogens with one attached hydrogen (secondary N) is 2. The van der Waals surface area contributed by atoms with Gasteiger partial charge in [0.25, 0.3) is 5.91 Å².